The maximum atomic E-state index is 12.8. The minimum Gasteiger partial charge on any atom is -0.493 e. The average Bonchev–Trinajstić information content (AvgIpc) is 2.79. The Morgan fingerprint density at radius 2 is 1.73 bits per heavy atom. The highest BCUT2D eigenvalue weighted by atomic mass is 16.5. The fourth-order valence-corrected chi connectivity index (χ4v) is 3.71. The Labute approximate surface area is 178 Å². The minimum absolute atomic E-state index is 0.0726. The Kier molecular flexibility index (Phi) is 7.36. The summed E-state index contributed by atoms with van der Waals surface area (Å²) in [6, 6.07) is 14.1. The third-order valence-electron chi connectivity index (χ3n) is 5.42. The molecule has 0 aliphatic carbocycles. The molecule has 0 unspecified atom stereocenters. The molecule has 1 heterocycles. The van der Waals surface area contributed by atoms with Crippen LogP contribution in [0.5, 0.6) is 17.2 Å². The van der Waals surface area contributed by atoms with Crippen molar-refractivity contribution in [3.63, 3.8) is 0 Å². The van der Waals surface area contributed by atoms with Crippen LogP contribution in [0.3, 0.4) is 0 Å². The predicted octanol–water partition coefficient (Wildman–Crippen LogP) is 3.46. The summed E-state index contributed by atoms with van der Waals surface area (Å²) in [5.41, 5.74) is 3.49. The van der Waals surface area contributed by atoms with Crippen LogP contribution in [0.1, 0.15) is 17.5 Å². The highest BCUT2D eigenvalue weighted by Crippen LogP contribution is 2.40. The Hall–Kier alpha value is -2.99. The highest BCUT2D eigenvalue weighted by Gasteiger charge is 2.21. The van der Waals surface area contributed by atoms with Gasteiger partial charge in [0.1, 0.15) is 0 Å². The van der Waals surface area contributed by atoms with Gasteiger partial charge in [0, 0.05) is 32.2 Å². The third kappa shape index (κ3) is 4.94. The molecule has 6 heteroatoms. The second-order valence-electron chi connectivity index (χ2n) is 7.32. The molecule has 3 rings (SSSR count). The number of likely N-dealkylation sites (N-methyl/N-ethyl adjacent to an activating group) is 1. The first-order valence-electron chi connectivity index (χ1n) is 10.1. The second-order valence-corrected chi connectivity index (χ2v) is 7.32. The van der Waals surface area contributed by atoms with Crippen molar-refractivity contribution in [3.8, 4) is 17.2 Å². The van der Waals surface area contributed by atoms with E-state index in [0.717, 1.165) is 25.1 Å². The summed E-state index contributed by atoms with van der Waals surface area (Å²) in [5, 5.41) is 0. The van der Waals surface area contributed by atoms with Gasteiger partial charge < -0.3 is 19.1 Å². The zero-order valence-electron chi connectivity index (χ0n) is 18.2. The van der Waals surface area contributed by atoms with E-state index in [-0.39, 0.29) is 5.91 Å². The van der Waals surface area contributed by atoms with E-state index < -0.39 is 0 Å². The van der Waals surface area contributed by atoms with Crippen molar-refractivity contribution in [2.24, 2.45) is 0 Å². The van der Waals surface area contributed by atoms with Gasteiger partial charge in [-0.25, -0.2) is 0 Å². The zero-order chi connectivity index (χ0) is 21.5. The summed E-state index contributed by atoms with van der Waals surface area (Å²) in [7, 11) is 6.57. The second kappa shape index (κ2) is 10.2. The van der Waals surface area contributed by atoms with Crippen LogP contribution in [0.15, 0.2) is 48.5 Å². The number of methoxy groups -OCH3 is 3. The number of amides is 1. The number of nitrogens with zero attached hydrogens (tertiary/aromatic N) is 2. The normalized spacial score (nSPS) is 14.1. The summed E-state index contributed by atoms with van der Waals surface area (Å²) in [6.07, 6.45) is 3.17. The molecule has 2 aromatic rings. The lowest BCUT2D eigenvalue weighted by molar-refractivity contribution is -0.131. The fourth-order valence-electron chi connectivity index (χ4n) is 3.71. The van der Waals surface area contributed by atoms with Crippen molar-refractivity contribution in [2.45, 2.75) is 13.0 Å². The van der Waals surface area contributed by atoms with E-state index in [9.17, 15) is 4.79 Å². The molecule has 0 saturated heterocycles. The van der Waals surface area contributed by atoms with Crippen LogP contribution < -0.4 is 14.2 Å². The van der Waals surface area contributed by atoms with E-state index in [4.69, 9.17) is 14.2 Å². The van der Waals surface area contributed by atoms with Gasteiger partial charge in [-0.05, 0) is 29.7 Å². The first kappa shape index (κ1) is 21.7. The summed E-state index contributed by atoms with van der Waals surface area (Å²) in [5.74, 6) is 1.79. The molecule has 0 atom stereocenters. The molecule has 0 spiro atoms. The van der Waals surface area contributed by atoms with Crippen LogP contribution in [-0.2, 0) is 11.3 Å². The van der Waals surface area contributed by atoms with Gasteiger partial charge in [-0.3, -0.25) is 9.69 Å². The van der Waals surface area contributed by atoms with Crippen molar-refractivity contribution >= 4 is 11.5 Å². The summed E-state index contributed by atoms with van der Waals surface area (Å²) in [6.45, 7) is 2.48. The van der Waals surface area contributed by atoms with Gasteiger partial charge in [-0.2, -0.15) is 0 Å². The molecule has 1 aliphatic rings. The van der Waals surface area contributed by atoms with Gasteiger partial charge >= 0.3 is 0 Å². The lowest BCUT2D eigenvalue weighted by atomic mass is 9.99. The molecule has 2 aromatic carbocycles. The minimum atomic E-state index is 0.0726. The van der Waals surface area contributed by atoms with Gasteiger partial charge in [-0.1, -0.05) is 36.4 Å². The molecule has 0 radical (unpaired) electrons. The quantitative estimate of drug-likeness (QED) is 0.667. The summed E-state index contributed by atoms with van der Waals surface area (Å²) >= 11 is 0. The van der Waals surface area contributed by atoms with Crippen LogP contribution in [0.2, 0.25) is 0 Å². The molecular formula is C24H30N2O4. The third-order valence-corrected chi connectivity index (χ3v) is 5.42. The molecule has 0 saturated carbocycles. The van der Waals surface area contributed by atoms with Gasteiger partial charge in [-0.15, -0.1) is 0 Å². The number of benzene rings is 2. The van der Waals surface area contributed by atoms with Crippen molar-refractivity contribution in [1.29, 1.82) is 0 Å². The van der Waals surface area contributed by atoms with Gasteiger partial charge in [0.05, 0.1) is 27.9 Å². The van der Waals surface area contributed by atoms with Crippen molar-refractivity contribution in [3.05, 3.63) is 59.7 Å². The molecule has 160 valence electrons. The number of hydrogen-bond acceptors (Lipinski definition) is 5. The topological polar surface area (TPSA) is 51.2 Å². The highest BCUT2D eigenvalue weighted by molar-refractivity contribution is 5.78. The SMILES string of the molecule is COc1ccc(CN(C)C(=O)CN2CC=C(c3ccccc3)CC2)c(OC)c1OC. The van der Waals surface area contributed by atoms with Gasteiger partial charge in [0.25, 0.3) is 0 Å². The molecule has 30 heavy (non-hydrogen) atoms. The van der Waals surface area contributed by atoms with Crippen molar-refractivity contribution in [1.82, 2.24) is 9.80 Å². The lowest BCUT2D eigenvalue weighted by Gasteiger charge is -2.28. The molecule has 6 nitrogen and oxygen atoms in total. The summed E-state index contributed by atoms with van der Waals surface area (Å²) < 4.78 is 16.3. The van der Waals surface area contributed by atoms with Crippen LogP contribution in [-0.4, -0.2) is 63.7 Å². The standard InChI is InChI=1S/C24H30N2O4/c1-25(16-20-10-11-21(28-2)24(30-4)23(20)29-3)22(27)17-26-14-12-19(13-15-26)18-8-6-5-7-9-18/h5-12H,13-17H2,1-4H3. The number of ether oxygens (including phenoxy) is 3. The number of hydrogen-bond donors (Lipinski definition) is 0. The van der Waals surface area contributed by atoms with Crippen molar-refractivity contribution < 1.29 is 19.0 Å². The van der Waals surface area contributed by atoms with Crippen molar-refractivity contribution in [2.75, 3.05) is 48.0 Å². The molecule has 0 aromatic heterocycles. The Morgan fingerprint density at radius 3 is 2.33 bits per heavy atom. The number of carbonyl (C=O) groups is 1. The van der Waals surface area contributed by atoms with Crippen LogP contribution in [0.25, 0.3) is 5.57 Å². The fraction of sp³-hybridized carbons (Fsp3) is 0.375. The maximum Gasteiger partial charge on any atom is 0.236 e. The van der Waals surface area contributed by atoms with E-state index in [1.807, 2.05) is 25.2 Å². The molecule has 0 fully saturated rings. The van der Waals surface area contributed by atoms with E-state index in [2.05, 4.69) is 35.2 Å². The number of carbonyl (C=O) groups excluding carboxylic acids is 1. The molecule has 0 N–H and O–H groups in total. The molecular weight excluding hydrogens is 380 g/mol. The van der Waals surface area contributed by atoms with E-state index in [0.29, 0.717) is 30.3 Å². The molecule has 1 amide bonds. The number of rotatable bonds is 8. The van der Waals surface area contributed by atoms with E-state index in [1.165, 1.54) is 11.1 Å². The zero-order valence-corrected chi connectivity index (χ0v) is 18.2. The van der Waals surface area contributed by atoms with E-state index in [1.54, 1.807) is 26.2 Å². The van der Waals surface area contributed by atoms with Crippen LogP contribution >= 0.6 is 0 Å². The largest absolute Gasteiger partial charge is 0.493 e. The van der Waals surface area contributed by atoms with Crippen LogP contribution in [0, 0.1) is 0 Å². The summed E-state index contributed by atoms with van der Waals surface area (Å²) in [4.78, 5) is 16.7. The molecule has 1 aliphatic heterocycles. The Balaban J connectivity index is 1.61. The maximum absolute atomic E-state index is 12.8. The monoisotopic (exact) mass is 410 g/mol. The predicted molar refractivity (Wildman–Crippen MR) is 118 cm³/mol. The first-order chi connectivity index (χ1) is 14.6. The van der Waals surface area contributed by atoms with Gasteiger partial charge in [0.2, 0.25) is 11.7 Å². The first-order valence-corrected chi connectivity index (χ1v) is 10.1. The Morgan fingerprint density at radius 1 is 1.00 bits per heavy atom. The Bertz CT molecular complexity index is 896. The lowest BCUT2D eigenvalue weighted by Crippen LogP contribution is -2.39. The van der Waals surface area contributed by atoms with Crippen LogP contribution in [0.4, 0.5) is 0 Å². The van der Waals surface area contributed by atoms with E-state index >= 15 is 0 Å². The smallest absolute Gasteiger partial charge is 0.236 e. The van der Waals surface area contributed by atoms with Gasteiger partial charge in [0.15, 0.2) is 11.5 Å². The molecule has 0 bridgehead atoms. The average molecular weight is 411 g/mol.